The third-order valence-corrected chi connectivity index (χ3v) is 5.87. The van der Waals surface area contributed by atoms with Crippen molar-refractivity contribution in [3.8, 4) is 6.07 Å². The number of hydrogen-bond acceptors (Lipinski definition) is 4. The van der Waals surface area contributed by atoms with Crippen molar-refractivity contribution in [3.63, 3.8) is 0 Å². The molecule has 1 N–H and O–H groups in total. The molecule has 1 aromatic rings. The van der Waals surface area contributed by atoms with E-state index in [1.54, 1.807) is 13.8 Å². The molecule has 2 aliphatic rings. The first-order valence-electron chi connectivity index (χ1n) is 8.68. The fourth-order valence-electron chi connectivity index (χ4n) is 4.46. The van der Waals surface area contributed by atoms with Crippen molar-refractivity contribution in [1.29, 1.82) is 5.26 Å². The summed E-state index contributed by atoms with van der Waals surface area (Å²) < 4.78 is 1.10. The minimum Gasteiger partial charge on any atom is -0.352 e. The second kappa shape index (κ2) is 6.39. The maximum atomic E-state index is 12.3. The van der Waals surface area contributed by atoms with Gasteiger partial charge in [0.1, 0.15) is 18.2 Å². The van der Waals surface area contributed by atoms with E-state index in [2.05, 4.69) is 17.3 Å². The molecule has 2 bridgehead atoms. The molecule has 6 heteroatoms. The van der Waals surface area contributed by atoms with E-state index in [0.29, 0.717) is 17.2 Å². The van der Waals surface area contributed by atoms with Gasteiger partial charge in [0.15, 0.2) is 0 Å². The summed E-state index contributed by atoms with van der Waals surface area (Å²) in [4.78, 5) is 24.6. The maximum Gasteiger partial charge on any atom is 0.285 e. The molecule has 4 atom stereocenters. The average Bonchev–Trinajstić information content (AvgIpc) is 3.16. The Balaban J connectivity index is 1.68. The van der Waals surface area contributed by atoms with Crippen molar-refractivity contribution >= 4 is 5.91 Å². The molecule has 24 heavy (non-hydrogen) atoms. The lowest BCUT2D eigenvalue weighted by molar-refractivity contribution is -0.123. The number of hydrogen-bond donors (Lipinski definition) is 1. The highest BCUT2D eigenvalue weighted by Crippen LogP contribution is 2.49. The molecule has 0 aliphatic heterocycles. The van der Waals surface area contributed by atoms with Gasteiger partial charge in [0.2, 0.25) is 5.91 Å². The summed E-state index contributed by atoms with van der Waals surface area (Å²) in [5, 5.41) is 16.3. The Morgan fingerprint density at radius 1 is 1.42 bits per heavy atom. The minimum atomic E-state index is -0.497. The Hall–Kier alpha value is -2.16. The predicted octanol–water partition coefficient (Wildman–Crippen LogP) is 1.67. The van der Waals surface area contributed by atoms with Crippen molar-refractivity contribution in [1.82, 2.24) is 15.1 Å². The number of carbonyl (C=O) groups excluding carboxylic acids is 1. The van der Waals surface area contributed by atoms with Gasteiger partial charge in [-0.2, -0.15) is 10.4 Å². The monoisotopic (exact) mass is 328 g/mol. The van der Waals surface area contributed by atoms with Crippen LogP contribution in [-0.2, 0) is 11.3 Å². The standard InChI is InChI=1S/C18H24N4O2/c1-10-11(2)21-22(18(24)16(10)8-19)9-17(23)20-12(3)15-7-13-4-5-14(15)6-13/h12-15H,4-7,9H2,1-3H3,(H,20,23)/t12-,13+,14+,15+/m1/s1. The van der Waals surface area contributed by atoms with Gasteiger partial charge in [-0.3, -0.25) is 9.59 Å². The van der Waals surface area contributed by atoms with Crippen LogP contribution in [0.5, 0.6) is 0 Å². The maximum absolute atomic E-state index is 12.3. The van der Waals surface area contributed by atoms with E-state index in [0.717, 1.165) is 16.5 Å². The van der Waals surface area contributed by atoms with Crippen LogP contribution in [0.3, 0.4) is 0 Å². The Kier molecular flexibility index (Phi) is 4.44. The Labute approximate surface area is 141 Å². The number of aryl methyl sites for hydroxylation is 1. The molecule has 1 heterocycles. The second-order valence-electron chi connectivity index (χ2n) is 7.35. The number of nitrogens with one attached hydrogen (secondary N) is 1. The fourth-order valence-corrected chi connectivity index (χ4v) is 4.46. The zero-order chi connectivity index (χ0) is 17.4. The molecule has 1 amide bonds. The molecule has 2 aliphatic carbocycles. The van der Waals surface area contributed by atoms with Crippen LogP contribution in [0.15, 0.2) is 4.79 Å². The number of rotatable bonds is 4. The van der Waals surface area contributed by atoms with E-state index in [1.807, 2.05) is 6.07 Å². The van der Waals surface area contributed by atoms with Crippen molar-refractivity contribution in [3.05, 3.63) is 27.2 Å². The van der Waals surface area contributed by atoms with E-state index in [1.165, 1.54) is 25.7 Å². The van der Waals surface area contributed by atoms with Crippen LogP contribution in [-0.4, -0.2) is 21.7 Å². The van der Waals surface area contributed by atoms with Crippen molar-refractivity contribution < 1.29 is 4.79 Å². The molecule has 0 unspecified atom stereocenters. The van der Waals surface area contributed by atoms with Gasteiger partial charge in [0.05, 0.1) is 5.69 Å². The van der Waals surface area contributed by atoms with Gasteiger partial charge in [-0.1, -0.05) is 6.42 Å². The van der Waals surface area contributed by atoms with Crippen molar-refractivity contribution in [2.75, 3.05) is 0 Å². The van der Waals surface area contributed by atoms with Crippen LogP contribution in [0, 0.1) is 42.9 Å². The van der Waals surface area contributed by atoms with E-state index < -0.39 is 5.56 Å². The Bertz CT molecular complexity index is 762. The number of aromatic nitrogens is 2. The van der Waals surface area contributed by atoms with E-state index in [-0.39, 0.29) is 24.1 Å². The quantitative estimate of drug-likeness (QED) is 0.911. The van der Waals surface area contributed by atoms with Crippen LogP contribution in [0.2, 0.25) is 0 Å². The Morgan fingerprint density at radius 3 is 2.75 bits per heavy atom. The third kappa shape index (κ3) is 2.95. The first-order valence-corrected chi connectivity index (χ1v) is 8.68. The predicted molar refractivity (Wildman–Crippen MR) is 89.2 cm³/mol. The van der Waals surface area contributed by atoms with Crippen LogP contribution in [0.4, 0.5) is 0 Å². The van der Waals surface area contributed by atoms with E-state index in [4.69, 9.17) is 5.26 Å². The molecule has 0 spiro atoms. The molecule has 2 saturated carbocycles. The molecular weight excluding hydrogens is 304 g/mol. The summed E-state index contributed by atoms with van der Waals surface area (Å²) in [5.41, 5.74) is 0.745. The second-order valence-corrected chi connectivity index (χ2v) is 7.35. The normalized spacial score (nSPS) is 26.2. The van der Waals surface area contributed by atoms with Gasteiger partial charge in [-0.15, -0.1) is 0 Å². The van der Waals surface area contributed by atoms with Crippen LogP contribution in [0.25, 0.3) is 0 Å². The van der Waals surface area contributed by atoms with E-state index >= 15 is 0 Å². The zero-order valence-electron chi connectivity index (χ0n) is 14.5. The largest absolute Gasteiger partial charge is 0.352 e. The molecule has 6 nitrogen and oxygen atoms in total. The average molecular weight is 328 g/mol. The van der Waals surface area contributed by atoms with Crippen LogP contribution in [0.1, 0.15) is 49.4 Å². The lowest BCUT2D eigenvalue weighted by atomic mass is 9.84. The molecule has 0 radical (unpaired) electrons. The van der Waals surface area contributed by atoms with Crippen LogP contribution >= 0.6 is 0 Å². The summed E-state index contributed by atoms with van der Waals surface area (Å²) in [6.45, 7) is 5.35. The van der Waals surface area contributed by atoms with Gasteiger partial charge < -0.3 is 5.32 Å². The molecule has 2 fully saturated rings. The molecule has 0 aromatic carbocycles. The summed E-state index contributed by atoms with van der Waals surface area (Å²) in [5.74, 6) is 1.90. The fraction of sp³-hybridized carbons (Fsp3) is 0.667. The molecule has 3 rings (SSSR count). The Morgan fingerprint density at radius 2 is 2.17 bits per heavy atom. The SMILES string of the molecule is Cc1nn(CC(=O)N[C@H](C)[C@@H]2C[C@H]3CC[C@H]2C3)c(=O)c(C#N)c1C. The first kappa shape index (κ1) is 16.7. The first-order chi connectivity index (χ1) is 11.4. The molecule has 128 valence electrons. The lowest BCUT2D eigenvalue weighted by Crippen LogP contribution is -2.43. The summed E-state index contributed by atoms with van der Waals surface area (Å²) >= 11 is 0. The van der Waals surface area contributed by atoms with Gasteiger partial charge >= 0.3 is 0 Å². The smallest absolute Gasteiger partial charge is 0.285 e. The third-order valence-electron chi connectivity index (χ3n) is 5.87. The minimum absolute atomic E-state index is 0.0662. The topological polar surface area (TPSA) is 87.8 Å². The van der Waals surface area contributed by atoms with Gasteiger partial charge in [-0.25, -0.2) is 4.68 Å². The number of carbonyl (C=O) groups is 1. The molecular formula is C18H24N4O2. The molecule has 1 aromatic heterocycles. The number of fused-ring (bicyclic) bond motifs is 2. The summed E-state index contributed by atoms with van der Waals surface area (Å²) in [6.07, 6.45) is 5.11. The lowest BCUT2D eigenvalue weighted by Gasteiger charge is -2.28. The number of nitriles is 1. The highest BCUT2D eigenvalue weighted by molar-refractivity contribution is 5.76. The molecule has 0 saturated heterocycles. The summed E-state index contributed by atoms with van der Waals surface area (Å²) in [7, 11) is 0. The van der Waals surface area contributed by atoms with Crippen molar-refractivity contribution in [2.24, 2.45) is 17.8 Å². The highest BCUT2D eigenvalue weighted by Gasteiger charge is 2.42. The number of nitrogens with zero attached hydrogens (tertiary/aromatic N) is 3. The van der Waals surface area contributed by atoms with E-state index in [9.17, 15) is 9.59 Å². The summed E-state index contributed by atoms with van der Waals surface area (Å²) in [6, 6.07) is 2.03. The van der Waals surface area contributed by atoms with Gasteiger partial charge in [0, 0.05) is 6.04 Å². The highest BCUT2D eigenvalue weighted by atomic mass is 16.2. The van der Waals surface area contributed by atoms with Gasteiger partial charge in [0.25, 0.3) is 5.56 Å². The number of amides is 1. The van der Waals surface area contributed by atoms with Crippen LogP contribution < -0.4 is 10.9 Å². The zero-order valence-corrected chi connectivity index (χ0v) is 14.5. The van der Waals surface area contributed by atoms with Crippen molar-refractivity contribution in [2.45, 2.75) is 59.0 Å². The van der Waals surface area contributed by atoms with Gasteiger partial charge in [-0.05, 0) is 63.4 Å².